The molecule has 0 heterocycles. The molecule has 1 aromatic rings. The monoisotopic (exact) mass is 315 g/mol. The standard InChI is InChI=1S/C14H21NO5S/c1-10(13(16)20-14(2,3)4)15-21(17,18)12-8-6-11(19-5)7-9-12/h6-10,15H,1-5H3/t10-/m0/s1. The summed E-state index contributed by atoms with van der Waals surface area (Å²) in [6.07, 6.45) is 0. The van der Waals surface area contributed by atoms with Gasteiger partial charge >= 0.3 is 5.97 Å². The lowest BCUT2D eigenvalue weighted by Gasteiger charge is -2.22. The van der Waals surface area contributed by atoms with Crippen molar-refractivity contribution in [2.75, 3.05) is 7.11 Å². The fourth-order valence-electron chi connectivity index (χ4n) is 1.49. The van der Waals surface area contributed by atoms with Gasteiger partial charge in [-0.3, -0.25) is 4.79 Å². The maximum absolute atomic E-state index is 12.2. The summed E-state index contributed by atoms with van der Waals surface area (Å²) in [5.74, 6) is -0.0753. The summed E-state index contributed by atoms with van der Waals surface area (Å²) in [5, 5.41) is 0. The van der Waals surface area contributed by atoms with Crippen LogP contribution >= 0.6 is 0 Å². The van der Waals surface area contributed by atoms with Crippen LogP contribution < -0.4 is 9.46 Å². The van der Waals surface area contributed by atoms with Crippen molar-refractivity contribution in [2.45, 2.75) is 44.2 Å². The Labute approximate surface area is 125 Å². The van der Waals surface area contributed by atoms with Gasteiger partial charge in [0.05, 0.1) is 12.0 Å². The van der Waals surface area contributed by atoms with Crippen LogP contribution in [-0.2, 0) is 19.6 Å². The van der Waals surface area contributed by atoms with Crippen molar-refractivity contribution in [3.05, 3.63) is 24.3 Å². The van der Waals surface area contributed by atoms with E-state index in [-0.39, 0.29) is 4.90 Å². The van der Waals surface area contributed by atoms with E-state index in [1.165, 1.54) is 38.3 Å². The topological polar surface area (TPSA) is 81.7 Å². The second kappa shape index (κ2) is 6.44. The van der Waals surface area contributed by atoms with Gasteiger partial charge in [-0.1, -0.05) is 0 Å². The lowest BCUT2D eigenvalue weighted by molar-refractivity contribution is -0.156. The Bertz CT molecular complexity index is 587. The predicted molar refractivity (Wildman–Crippen MR) is 78.6 cm³/mol. The minimum atomic E-state index is -3.79. The zero-order valence-corrected chi connectivity index (χ0v) is 13.7. The van der Waals surface area contributed by atoms with E-state index in [1.54, 1.807) is 20.8 Å². The predicted octanol–water partition coefficient (Wildman–Crippen LogP) is 1.70. The lowest BCUT2D eigenvalue weighted by Crippen LogP contribution is -2.42. The first kappa shape index (κ1) is 17.5. The van der Waals surface area contributed by atoms with E-state index < -0.39 is 27.6 Å². The number of methoxy groups -OCH3 is 1. The molecule has 0 radical (unpaired) electrons. The highest BCUT2D eigenvalue weighted by molar-refractivity contribution is 7.89. The van der Waals surface area contributed by atoms with Crippen molar-refractivity contribution in [1.29, 1.82) is 0 Å². The molecular formula is C14H21NO5S. The molecule has 21 heavy (non-hydrogen) atoms. The lowest BCUT2D eigenvalue weighted by atomic mass is 10.2. The van der Waals surface area contributed by atoms with E-state index in [1.807, 2.05) is 0 Å². The first-order chi connectivity index (χ1) is 9.55. The van der Waals surface area contributed by atoms with Gasteiger partial charge in [-0.2, -0.15) is 4.72 Å². The van der Waals surface area contributed by atoms with Gasteiger partial charge in [-0.25, -0.2) is 8.42 Å². The highest BCUT2D eigenvalue weighted by atomic mass is 32.2. The van der Waals surface area contributed by atoms with Crippen molar-refractivity contribution < 1.29 is 22.7 Å². The Hall–Kier alpha value is -1.60. The Morgan fingerprint density at radius 1 is 1.19 bits per heavy atom. The van der Waals surface area contributed by atoms with Gasteiger partial charge in [-0.05, 0) is 52.0 Å². The molecule has 0 saturated carbocycles. The molecule has 0 fully saturated rings. The molecule has 1 rings (SSSR count). The Balaban J connectivity index is 2.81. The number of hydrogen-bond donors (Lipinski definition) is 1. The minimum absolute atomic E-state index is 0.0544. The van der Waals surface area contributed by atoms with Gasteiger partial charge in [0, 0.05) is 0 Å². The maximum atomic E-state index is 12.2. The normalized spacial score (nSPS) is 13.6. The van der Waals surface area contributed by atoms with E-state index in [0.29, 0.717) is 5.75 Å². The molecule has 0 spiro atoms. The number of hydrogen-bond acceptors (Lipinski definition) is 5. The highest BCUT2D eigenvalue weighted by Gasteiger charge is 2.26. The van der Waals surface area contributed by atoms with Crippen molar-refractivity contribution in [3.8, 4) is 5.75 Å². The first-order valence-corrected chi connectivity index (χ1v) is 7.93. The largest absolute Gasteiger partial charge is 0.497 e. The number of rotatable bonds is 5. The van der Waals surface area contributed by atoms with Crippen LogP contribution in [0.1, 0.15) is 27.7 Å². The van der Waals surface area contributed by atoms with E-state index >= 15 is 0 Å². The zero-order valence-electron chi connectivity index (χ0n) is 12.8. The van der Waals surface area contributed by atoms with Crippen molar-refractivity contribution in [2.24, 2.45) is 0 Å². The molecule has 0 saturated heterocycles. The molecule has 6 nitrogen and oxygen atoms in total. The zero-order chi connectivity index (χ0) is 16.3. The van der Waals surface area contributed by atoms with Crippen molar-refractivity contribution >= 4 is 16.0 Å². The van der Waals surface area contributed by atoms with E-state index in [0.717, 1.165) is 0 Å². The average Bonchev–Trinajstić information content (AvgIpc) is 2.36. The summed E-state index contributed by atoms with van der Waals surface area (Å²) < 4.78 is 36.7. The summed E-state index contributed by atoms with van der Waals surface area (Å²) in [6.45, 7) is 6.59. The third-order valence-electron chi connectivity index (χ3n) is 2.46. The van der Waals surface area contributed by atoms with E-state index in [4.69, 9.17) is 9.47 Å². The van der Waals surface area contributed by atoms with Crippen LogP contribution in [0.3, 0.4) is 0 Å². The molecule has 7 heteroatoms. The van der Waals surface area contributed by atoms with E-state index in [9.17, 15) is 13.2 Å². The number of benzene rings is 1. The minimum Gasteiger partial charge on any atom is -0.497 e. The molecule has 1 aromatic carbocycles. The van der Waals surface area contributed by atoms with Gasteiger partial charge in [0.1, 0.15) is 17.4 Å². The Morgan fingerprint density at radius 2 is 1.71 bits per heavy atom. The van der Waals surface area contributed by atoms with Crippen molar-refractivity contribution in [1.82, 2.24) is 4.72 Å². The smallest absolute Gasteiger partial charge is 0.324 e. The quantitative estimate of drug-likeness (QED) is 0.836. The summed E-state index contributed by atoms with van der Waals surface area (Å²) in [4.78, 5) is 11.9. The van der Waals surface area contributed by atoms with Crippen LogP contribution in [0.15, 0.2) is 29.2 Å². The molecule has 1 N–H and O–H groups in total. The molecule has 0 unspecified atom stereocenters. The molecule has 0 bridgehead atoms. The van der Waals surface area contributed by atoms with Gasteiger partial charge in [0.25, 0.3) is 0 Å². The first-order valence-electron chi connectivity index (χ1n) is 6.44. The number of carbonyl (C=O) groups excluding carboxylic acids is 1. The van der Waals surface area contributed by atoms with Gasteiger partial charge in [0.2, 0.25) is 10.0 Å². The molecule has 118 valence electrons. The third kappa shape index (κ3) is 5.35. The molecule has 0 aromatic heterocycles. The molecular weight excluding hydrogens is 294 g/mol. The Morgan fingerprint density at radius 3 is 2.14 bits per heavy atom. The molecule has 1 atom stereocenters. The van der Waals surface area contributed by atoms with Crippen LogP contribution in [-0.4, -0.2) is 33.1 Å². The van der Waals surface area contributed by atoms with Gasteiger partial charge in [0.15, 0.2) is 0 Å². The summed E-state index contributed by atoms with van der Waals surface area (Å²) in [7, 11) is -2.30. The number of carbonyl (C=O) groups is 1. The van der Waals surface area contributed by atoms with Gasteiger partial charge in [-0.15, -0.1) is 0 Å². The average molecular weight is 315 g/mol. The molecule has 0 amide bonds. The number of ether oxygens (including phenoxy) is 2. The summed E-state index contributed by atoms with van der Waals surface area (Å²) in [6, 6.07) is 4.90. The van der Waals surface area contributed by atoms with Crippen LogP contribution in [0.5, 0.6) is 5.75 Å². The highest BCUT2D eigenvalue weighted by Crippen LogP contribution is 2.16. The van der Waals surface area contributed by atoms with Crippen LogP contribution in [0.25, 0.3) is 0 Å². The second-order valence-corrected chi connectivity index (χ2v) is 7.27. The second-order valence-electron chi connectivity index (χ2n) is 5.55. The van der Waals surface area contributed by atoms with Crippen molar-refractivity contribution in [3.63, 3.8) is 0 Å². The SMILES string of the molecule is COc1ccc(S(=O)(=O)N[C@@H](C)C(=O)OC(C)(C)C)cc1. The van der Waals surface area contributed by atoms with Gasteiger partial charge < -0.3 is 9.47 Å². The molecule has 0 aliphatic carbocycles. The van der Waals surface area contributed by atoms with Crippen LogP contribution in [0, 0.1) is 0 Å². The third-order valence-corrected chi connectivity index (χ3v) is 4.02. The summed E-state index contributed by atoms with van der Waals surface area (Å²) >= 11 is 0. The Kier molecular flexibility index (Phi) is 5.36. The fraction of sp³-hybridized carbons (Fsp3) is 0.500. The summed E-state index contributed by atoms with van der Waals surface area (Å²) in [5.41, 5.74) is -0.670. The molecule has 0 aliphatic rings. The number of nitrogens with one attached hydrogen (secondary N) is 1. The number of sulfonamides is 1. The van der Waals surface area contributed by atoms with E-state index in [2.05, 4.69) is 4.72 Å². The number of esters is 1. The van der Waals surface area contributed by atoms with Crippen LogP contribution in [0.2, 0.25) is 0 Å². The molecule has 0 aliphatic heterocycles. The fourth-order valence-corrected chi connectivity index (χ4v) is 2.69. The maximum Gasteiger partial charge on any atom is 0.324 e. The van der Waals surface area contributed by atoms with Crippen LogP contribution in [0.4, 0.5) is 0 Å².